The van der Waals surface area contributed by atoms with Crippen LogP contribution in [0.25, 0.3) is 0 Å². The molecule has 0 bridgehead atoms. The smallest absolute Gasteiger partial charge is 0.0160 e. The van der Waals surface area contributed by atoms with E-state index in [-0.39, 0.29) is 0 Å². The van der Waals surface area contributed by atoms with Crippen LogP contribution in [-0.4, -0.2) is 36.5 Å². The summed E-state index contributed by atoms with van der Waals surface area (Å²) in [5.74, 6) is 2.26. The molecule has 0 saturated carbocycles. The van der Waals surface area contributed by atoms with Gasteiger partial charge in [-0.05, 0) is 30.9 Å². The molecule has 11 heavy (non-hydrogen) atoms. The lowest BCUT2D eigenvalue weighted by Gasteiger charge is -2.12. The Morgan fingerprint density at radius 2 is 2.55 bits per heavy atom. The summed E-state index contributed by atoms with van der Waals surface area (Å²) < 4.78 is 0. The van der Waals surface area contributed by atoms with Crippen LogP contribution >= 0.6 is 11.8 Å². The molecule has 1 aliphatic rings. The van der Waals surface area contributed by atoms with Gasteiger partial charge in [-0.1, -0.05) is 6.08 Å². The van der Waals surface area contributed by atoms with Gasteiger partial charge in [-0.3, -0.25) is 4.90 Å². The summed E-state index contributed by atoms with van der Waals surface area (Å²) in [6.45, 7) is 7.38. The average Bonchev–Trinajstić information content (AvgIpc) is 2.38. The van der Waals surface area contributed by atoms with Gasteiger partial charge in [0.15, 0.2) is 0 Å². The zero-order valence-electron chi connectivity index (χ0n) is 7.25. The summed E-state index contributed by atoms with van der Waals surface area (Å²) in [5.41, 5.74) is 0. The fourth-order valence-electron chi connectivity index (χ4n) is 1.63. The maximum Gasteiger partial charge on any atom is 0.0160 e. The number of rotatable bonds is 4. The van der Waals surface area contributed by atoms with Crippen LogP contribution in [0.4, 0.5) is 0 Å². The van der Waals surface area contributed by atoms with Gasteiger partial charge in [0.2, 0.25) is 0 Å². The molecule has 1 atom stereocenters. The van der Waals surface area contributed by atoms with Gasteiger partial charge in [0.1, 0.15) is 0 Å². The Morgan fingerprint density at radius 1 is 1.73 bits per heavy atom. The van der Waals surface area contributed by atoms with Crippen LogP contribution in [-0.2, 0) is 0 Å². The fourth-order valence-corrected chi connectivity index (χ4v) is 2.38. The Balaban J connectivity index is 2.17. The van der Waals surface area contributed by atoms with Crippen molar-refractivity contribution in [2.45, 2.75) is 6.42 Å². The molecule has 0 aromatic rings. The highest BCUT2D eigenvalue weighted by Crippen LogP contribution is 2.18. The molecule has 0 spiro atoms. The molecular formula is C9H17NS. The van der Waals surface area contributed by atoms with Gasteiger partial charge in [-0.15, -0.1) is 6.58 Å². The van der Waals surface area contributed by atoms with Crippen molar-refractivity contribution in [1.82, 2.24) is 4.90 Å². The maximum atomic E-state index is 3.75. The van der Waals surface area contributed by atoms with Crippen LogP contribution in [0.5, 0.6) is 0 Å². The van der Waals surface area contributed by atoms with Crippen molar-refractivity contribution in [1.29, 1.82) is 0 Å². The van der Waals surface area contributed by atoms with E-state index >= 15 is 0 Å². The Bertz CT molecular complexity index is 125. The van der Waals surface area contributed by atoms with E-state index in [0.717, 1.165) is 12.5 Å². The second-order valence-electron chi connectivity index (χ2n) is 3.16. The van der Waals surface area contributed by atoms with Gasteiger partial charge in [0.25, 0.3) is 0 Å². The Morgan fingerprint density at radius 3 is 3.18 bits per heavy atom. The molecule has 1 saturated heterocycles. The molecule has 1 nitrogen and oxygen atoms in total. The van der Waals surface area contributed by atoms with Crippen LogP contribution in [0.1, 0.15) is 6.42 Å². The topological polar surface area (TPSA) is 3.24 Å². The second-order valence-corrected chi connectivity index (χ2v) is 4.07. The third-order valence-electron chi connectivity index (χ3n) is 2.16. The van der Waals surface area contributed by atoms with Crippen molar-refractivity contribution in [3.05, 3.63) is 12.7 Å². The van der Waals surface area contributed by atoms with Crippen LogP contribution in [0.2, 0.25) is 0 Å². The molecule has 1 heterocycles. The predicted molar refractivity (Wildman–Crippen MR) is 53.1 cm³/mol. The first-order chi connectivity index (χ1) is 5.36. The van der Waals surface area contributed by atoms with E-state index < -0.39 is 0 Å². The maximum absolute atomic E-state index is 3.75. The number of thioether (sulfide) groups is 1. The van der Waals surface area contributed by atoms with Crippen molar-refractivity contribution in [2.24, 2.45) is 5.92 Å². The van der Waals surface area contributed by atoms with Crippen molar-refractivity contribution in [3.63, 3.8) is 0 Å². The van der Waals surface area contributed by atoms with Crippen molar-refractivity contribution < 1.29 is 0 Å². The number of nitrogens with zero attached hydrogens (tertiary/aromatic N) is 1. The van der Waals surface area contributed by atoms with Crippen molar-refractivity contribution >= 4 is 11.8 Å². The SMILES string of the molecule is C=CCN1CCC(CSC)C1. The molecule has 64 valence electrons. The molecule has 0 amide bonds. The zero-order chi connectivity index (χ0) is 8.10. The number of hydrogen-bond donors (Lipinski definition) is 0. The summed E-state index contributed by atoms with van der Waals surface area (Å²) in [6, 6.07) is 0. The van der Waals surface area contributed by atoms with E-state index in [0.29, 0.717) is 0 Å². The molecular weight excluding hydrogens is 154 g/mol. The lowest BCUT2D eigenvalue weighted by Crippen LogP contribution is -2.20. The minimum atomic E-state index is 0.935. The number of likely N-dealkylation sites (tertiary alicyclic amines) is 1. The van der Waals surface area contributed by atoms with Gasteiger partial charge in [0.05, 0.1) is 0 Å². The summed E-state index contributed by atoms with van der Waals surface area (Å²) in [7, 11) is 0. The van der Waals surface area contributed by atoms with E-state index in [1.807, 2.05) is 17.8 Å². The molecule has 0 aromatic carbocycles. The highest BCUT2D eigenvalue weighted by atomic mass is 32.2. The van der Waals surface area contributed by atoms with Crippen LogP contribution in [0, 0.1) is 5.92 Å². The quantitative estimate of drug-likeness (QED) is 0.594. The second kappa shape index (κ2) is 4.83. The Hall–Kier alpha value is 0.0500. The van der Waals surface area contributed by atoms with E-state index in [1.54, 1.807) is 0 Å². The van der Waals surface area contributed by atoms with Crippen molar-refractivity contribution in [3.8, 4) is 0 Å². The van der Waals surface area contributed by atoms with Gasteiger partial charge in [-0.25, -0.2) is 0 Å². The molecule has 1 fully saturated rings. The van der Waals surface area contributed by atoms with Crippen LogP contribution in [0.3, 0.4) is 0 Å². The fraction of sp³-hybridized carbons (Fsp3) is 0.778. The van der Waals surface area contributed by atoms with E-state index in [4.69, 9.17) is 0 Å². The standard InChI is InChI=1S/C9H17NS/c1-3-5-10-6-4-9(7-10)8-11-2/h3,9H,1,4-8H2,2H3. The number of hydrogen-bond acceptors (Lipinski definition) is 2. The van der Waals surface area contributed by atoms with E-state index in [9.17, 15) is 0 Å². The first kappa shape index (κ1) is 9.14. The van der Waals surface area contributed by atoms with Gasteiger partial charge in [0, 0.05) is 13.1 Å². The third-order valence-corrected chi connectivity index (χ3v) is 2.96. The summed E-state index contributed by atoms with van der Waals surface area (Å²) in [4.78, 5) is 2.48. The molecule has 0 radical (unpaired) electrons. The first-order valence-electron chi connectivity index (χ1n) is 4.19. The highest BCUT2D eigenvalue weighted by Gasteiger charge is 2.20. The van der Waals surface area contributed by atoms with Gasteiger partial charge in [-0.2, -0.15) is 11.8 Å². The monoisotopic (exact) mass is 171 g/mol. The Labute approximate surface area is 73.8 Å². The minimum Gasteiger partial charge on any atom is -0.299 e. The average molecular weight is 171 g/mol. The molecule has 0 aromatic heterocycles. The van der Waals surface area contributed by atoms with Crippen molar-refractivity contribution in [2.75, 3.05) is 31.6 Å². The summed E-state index contributed by atoms with van der Waals surface area (Å²) in [5, 5.41) is 0. The normalized spacial score (nSPS) is 25.7. The molecule has 0 aliphatic carbocycles. The molecule has 1 unspecified atom stereocenters. The Kier molecular flexibility index (Phi) is 4.02. The van der Waals surface area contributed by atoms with Crippen LogP contribution < -0.4 is 0 Å². The first-order valence-corrected chi connectivity index (χ1v) is 5.58. The summed E-state index contributed by atoms with van der Waals surface area (Å²) >= 11 is 1.97. The predicted octanol–water partition coefficient (Wildman–Crippen LogP) is 1.86. The van der Waals surface area contributed by atoms with E-state index in [2.05, 4.69) is 17.7 Å². The van der Waals surface area contributed by atoms with Crippen LogP contribution in [0.15, 0.2) is 12.7 Å². The molecule has 2 heteroatoms. The largest absolute Gasteiger partial charge is 0.299 e. The van der Waals surface area contributed by atoms with E-state index in [1.165, 1.54) is 25.3 Å². The lowest BCUT2D eigenvalue weighted by atomic mass is 10.2. The lowest BCUT2D eigenvalue weighted by molar-refractivity contribution is 0.365. The highest BCUT2D eigenvalue weighted by molar-refractivity contribution is 7.98. The third kappa shape index (κ3) is 2.88. The molecule has 1 rings (SSSR count). The molecule has 1 aliphatic heterocycles. The van der Waals surface area contributed by atoms with Gasteiger partial charge >= 0.3 is 0 Å². The minimum absolute atomic E-state index is 0.935. The zero-order valence-corrected chi connectivity index (χ0v) is 8.07. The summed E-state index contributed by atoms with van der Waals surface area (Å²) in [6.07, 6.45) is 5.58. The molecule has 0 N–H and O–H groups in total. The van der Waals surface area contributed by atoms with Gasteiger partial charge < -0.3 is 0 Å².